The predicted octanol–water partition coefficient (Wildman–Crippen LogP) is 3.45. The van der Waals surface area contributed by atoms with Gasteiger partial charge in [0.15, 0.2) is 0 Å². The van der Waals surface area contributed by atoms with Crippen LogP contribution in [0.2, 0.25) is 0 Å². The van der Waals surface area contributed by atoms with Crippen molar-refractivity contribution in [3.8, 4) is 0 Å². The van der Waals surface area contributed by atoms with E-state index < -0.39 is 0 Å². The molecule has 1 aliphatic heterocycles. The first-order valence-electron chi connectivity index (χ1n) is 7.75. The highest BCUT2D eigenvalue weighted by atomic mass is 16.5. The van der Waals surface area contributed by atoms with E-state index in [1.165, 1.54) is 31.3 Å². The SMILES string of the molecule is CCCCCC/C(C)=C/C(=O)NCC1CCOCC1. The summed E-state index contributed by atoms with van der Waals surface area (Å²) in [5.41, 5.74) is 1.19. The molecule has 3 heteroatoms. The van der Waals surface area contributed by atoms with E-state index >= 15 is 0 Å². The van der Waals surface area contributed by atoms with E-state index in [0.717, 1.165) is 39.0 Å². The molecule has 1 fully saturated rings. The molecule has 1 rings (SSSR count). The Balaban J connectivity index is 2.13. The normalized spacial score (nSPS) is 17.5. The van der Waals surface area contributed by atoms with Crippen LogP contribution in [-0.4, -0.2) is 25.7 Å². The second-order valence-corrected chi connectivity index (χ2v) is 5.60. The van der Waals surface area contributed by atoms with Gasteiger partial charge in [-0.3, -0.25) is 4.79 Å². The molecule has 0 aliphatic carbocycles. The van der Waals surface area contributed by atoms with Crippen molar-refractivity contribution in [1.82, 2.24) is 5.32 Å². The van der Waals surface area contributed by atoms with Crippen molar-refractivity contribution < 1.29 is 9.53 Å². The van der Waals surface area contributed by atoms with E-state index in [4.69, 9.17) is 4.74 Å². The number of hydrogen-bond acceptors (Lipinski definition) is 2. The van der Waals surface area contributed by atoms with Crippen LogP contribution in [0.1, 0.15) is 58.8 Å². The summed E-state index contributed by atoms with van der Waals surface area (Å²) in [5, 5.41) is 3.01. The number of hydrogen-bond donors (Lipinski definition) is 1. The molecule has 1 aliphatic rings. The Morgan fingerprint density at radius 2 is 2.00 bits per heavy atom. The number of nitrogens with one attached hydrogen (secondary N) is 1. The largest absolute Gasteiger partial charge is 0.381 e. The van der Waals surface area contributed by atoms with Crippen LogP contribution in [-0.2, 0) is 9.53 Å². The standard InChI is InChI=1S/C16H29NO2/c1-3-4-5-6-7-14(2)12-16(18)17-13-15-8-10-19-11-9-15/h12,15H,3-11,13H2,1-2H3,(H,17,18)/b14-12+. The highest BCUT2D eigenvalue weighted by Crippen LogP contribution is 2.13. The first kappa shape index (κ1) is 16.2. The summed E-state index contributed by atoms with van der Waals surface area (Å²) in [6, 6.07) is 0. The monoisotopic (exact) mass is 267 g/mol. The summed E-state index contributed by atoms with van der Waals surface area (Å²) in [6.07, 6.45) is 9.97. The lowest BCUT2D eigenvalue weighted by atomic mass is 10.0. The van der Waals surface area contributed by atoms with Gasteiger partial charge in [-0.15, -0.1) is 0 Å². The number of unbranched alkanes of at least 4 members (excludes halogenated alkanes) is 3. The van der Waals surface area contributed by atoms with Gasteiger partial charge >= 0.3 is 0 Å². The van der Waals surface area contributed by atoms with Gasteiger partial charge < -0.3 is 10.1 Å². The van der Waals surface area contributed by atoms with E-state index in [2.05, 4.69) is 19.2 Å². The number of amides is 1. The van der Waals surface area contributed by atoms with Crippen molar-refractivity contribution in [2.45, 2.75) is 58.8 Å². The molecule has 19 heavy (non-hydrogen) atoms. The van der Waals surface area contributed by atoms with E-state index in [1.807, 2.05) is 0 Å². The third kappa shape index (κ3) is 8.04. The predicted molar refractivity (Wildman–Crippen MR) is 79.1 cm³/mol. The van der Waals surface area contributed by atoms with Crippen LogP contribution in [0.15, 0.2) is 11.6 Å². The van der Waals surface area contributed by atoms with Gasteiger partial charge in [0, 0.05) is 25.8 Å². The zero-order valence-corrected chi connectivity index (χ0v) is 12.5. The van der Waals surface area contributed by atoms with E-state index in [1.54, 1.807) is 6.08 Å². The number of rotatable bonds is 8. The average molecular weight is 267 g/mol. The molecular formula is C16H29NO2. The Hall–Kier alpha value is -0.830. The molecule has 0 aromatic rings. The number of carbonyl (C=O) groups is 1. The first-order chi connectivity index (χ1) is 9.22. The highest BCUT2D eigenvalue weighted by molar-refractivity contribution is 5.88. The van der Waals surface area contributed by atoms with Crippen LogP contribution in [0.25, 0.3) is 0 Å². The Labute approximate surface area is 117 Å². The fraction of sp³-hybridized carbons (Fsp3) is 0.812. The fourth-order valence-electron chi connectivity index (χ4n) is 2.37. The van der Waals surface area contributed by atoms with Crippen molar-refractivity contribution >= 4 is 5.91 Å². The summed E-state index contributed by atoms with van der Waals surface area (Å²) < 4.78 is 5.31. The van der Waals surface area contributed by atoms with Gasteiger partial charge in [0.1, 0.15) is 0 Å². The Morgan fingerprint density at radius 3 is 2.68 bits per heavy atom. The molecular weight excluding hydrogens is 238 g/mol. The lowest BCUT2D eigenvalue weighted by molar-refractivity contribution is -0.116. The molecule has 1 heterocycles. The zero-order chi connectivity index (χ0) is 13.9. The van der Waals surface area contributed by atoms with Crippen LogP contribution in [0.5, 0.6) is 0 Å². The zero-order valence-electron chi connectivity index (χ0n) is 12.5. The molecule has 1 N–H and O–H groups in total. The first-order valence-corrected chi connectivity index (χ1v) is 7.75. The van der Waals surface area contributed by atoms with Crippen molar-refractivity contribution in [2.24, 2.45) is 5.92 Å². The van der Waals surface area contributed by atoms with Crippen molar-refractivity contribution in [3.63, 3.8) is 0 Å². The van der Waals surface area contributed by atoms with E-state index in [0.29, 0.717) is 5.92 Å². The maximum Gasteiger partial charge on any atom is 0.243 e. The molecule has 110 valence electrons. The second-order valence-electron chi connectivity index (χ2n) is 5.60. The molecule has 1 saturated heterocycles. The Morgan fingerprint density at radius 1 is 1.26 bits per heavy atom. The quantitative estimate of drug-likeness (QED) is 0.540. The third-order valence-electron chi connectivity index (χ3n) is 3.71. The summed E-state index contributed by atoms with van der Waals surface area (Å²) in [6.45, 7) is 6.74. The van der Waals surface area contributed by atoms with Crippen molar-refractivity contribution in [2.75, 3.05) is 19.8 Å². The smallest absolute Gasteiger partial charge is 0.243 e. The van der Waals surface area contributed by atoms with Gasteiger partial charge in [-0.2, -0.15) is 0 Å². The topological polar surface area (TPSA) is 38.3 Å². The molecule has 0 bridgehead atoms. The highest BCUT2D eigenvalue weighted by Gasteiger charge is 2.13. The van der Waals surface area contributed by atoms with Gasteiger partial charge in [0.2, 0.25) is 5.91 Å². The molecule has 3 nitrogen and oxygen atoms in total. The van der Waals surface area contributed by atoms with Gasteiger partial charge in [-0.25, -0.2) is 0 Å². The maximum atomic E-state index is 11.8. The van der Waals surface area contributed by atoms with Crippen LogP contribution in [0.3, 0.4) is 0 Å². The molecule has 0 saturated carbocycles. The van der Waals surface area contributed by atoms with Gasteiger partial charge in [-0.05, 0) is 38.5 Å². The van der Waals surface area contributed by atoms with Crippen molar-refractivity contribution in [3.05, 3.63) is 11.6 Å². The van der Waals surface area contributed by atoms with Crippen LogP contribution in [0.4, 0.5) is 0 Å². The molecule has 0 aromatic heterocycles. The van der Waals surface area contributed by atoms with Crippen LogP contribution in [0, 0.1) is 5.92 Å². The van der Waals surface area contributed by atoms with Crippen LogP contribution < -0.4 is 5.32 Å². The lowest BCUT2D eigenvalue weighted by Crippen LogP contribution is -2.31. The molecule has 0 unspecified atom stereocenters. The van der Waals surface area contributed by atoms with Gasteiger partial charge in [-0.1, -0.05) is 31.8 Å². The second kappa shape index (κ2) is 10.0. The fourth-order valence-corrected chi connectivity index (χ4v) is 2.37. The summed E-state index contributed by atoms with van der Waals surface area (Å²) in [4.78, 5) is 11.8. The Bertz CT molecular complexity index is 280. The van der Waals surface area contributed by atoms with Crippen molar-refractivity contribution in [1.29, 1.82) is 0 Å². The lowest BCUT2D eigenvalue weighted by Gasteiger charge is -2.21. The van der Waals surface area contributed by atoms with Gasteiger partial charge in [0.05, 0.1) is 0 Å². The van der Waals surface area contributed by atoms with E-state index in [9.17, 15) is 4.79 Å². The number of carbonyl (C=O) groups excluding carboxylic acids is 1. The molecule has 0 spiro atoms. The summed E-state index contributed by atoms with van der Waals surface area (Å²) in [5.74, 6) is 0.662. The summed E-state index contributed by atoms with van der Waals surface area (Å²) >= 11 is 0. The minimum Gasteiger partial charge on any atom is -0.381 e. The number of allylic oxidation sites excluding steroid dienone is 1. The van der Waals surface area contributed by atoms with Gasteiger partial charge in [0.25, 0.3) is 0 Å². The Kier molecular flexibility index (Phi) is 8.55. The molecule has 0 aromatic carbocycles. The molecule has 0 atom stereocenters. The number of ether oxygens (including phenoxy) is 1. The molecule has 1 amide bonds. The van der Waals surface area contributed by atoms with E-state index in [-0.39, 0.29) is 5.91 Å². The maximum absolute atomic E-state index is 11.8. The minimum atomic E-state index is 0.0690. The minimum absolute atomic E-state index is 0.0690. The average Bonchev–Trinajstić information content (AvgIpc) is 2.42. The third-order valence-corrected chi connectivity index (χ3v) is 3.71. The summed E-state index contributed by atoms with van der Waals surface area (Å²) in [7, 11) is 0. The van der Waals surface area contributed by atoms with Crippen LogP contribution >= 0.6 is 0 Å². The molecule has 0 radical (unpaired) electrons.